The van der Waals surface area contributed by atoms with Crippen LogP contribution in [0.4, 0.5) is 0 Å². The van der Waals surface area contributed by atoms with Crippen LogP contribution in [-0.2, 0) is 6.54 Å². The molecule has 1 aromatic rings. The molecule has 1 aromatic heterocycles. The molecule has 21 heavy (non-hydrogen) atoms. The van der Waals surface area contributed by atoms with E-state index in [9.17, 15) is 0 Å². The molecule has 1 heterocycles. The largest absolute Gasteiger partial charge is 0.356 e. The maximum atomic E-state index is 4.26. The summed E-state index contributed by atoms with van der Waals surface area (Å²) < 4.78 is 1.91. The minimum atomic E-state index is 0. The smallest absolute Gasteiger partial charge is 0.191 e. The fourth-order valence-corrected chi connectivity index (χ4v) is 2.13. The second-order valence-electron chi connectivity index (χ2n) is 5.07. The number of aromatic nitrogens is 2. The topological polar surface area (TPSA) is 54.2 Å². The fourth-order valence-electron chi connectivity index (χ4n) is 2.13. The summed E-state index contributed by atoms with van der Waals surface area (Å²) in [7, 11) is 1.82. The summed E-state index contributed by atoms with van der Waals surface area (Å²) in [5.74, 6) is 1.62. The maximum Gasteiger partial charge on any atom is 0.191 e. The van der Waals surface area contributed by atoms with Crippen molar-refractivity contribution in [3.05, 3.63) is 18.5 Å². The Morgan fingerprint density at radius 2 is 2.14 bits per heavy atom. The van der Waals surface area contributed by atoms with Crippen LogP contribution in [0.1, 0.15) is 39.5 Å². The van der Waals surface area contributed by atoms with E-state index in [1.54, 1.807) is 6.20 Å². The quantitative estimate of drug-likeness (QED) is 0.376. The third-order valence-corrected chi connectivity index (χ3v) is 3.52. The standard InChI is InChI=1S/C15H29N5.HI/c1-4-6-8-14(5-2)13-18-15(16-3)17-10-12-20-11-7-9-19-20;/h7,9,11,14H,4-6,8,10,12-13H2,1-3H3,(H2,16,17,18);1H. The van der Waals surface area contributed by atoms with Crippen molar-refractivity contribution in [1.82, 2.24) is 20.4 Å². The molecule has 0 fully saturated rings. The van der Waals surface area contributed by atoms with Gasteiger partial charge in [0.25, 0.3) is 0 Å². The summed E-state index contributed by atoms with van der Waals surface area (Å²) >= 11 is 0. The number of hydrogen-bond acceptors (Lipinski definition) is 2. The van der Waals surface area contributed by atoms with E-state index in [1.165, 1.54) is 25.7 Å². The third kappa shape index (κ3) is 8.95. The van der Waals surface area contributed by atoms with E-state index < -0.39 is 0 Å². The average molecular weight is 407 g/mol. The van der Waals surface area contributed by atoms with Crippen LogP contribution < -0.4 is 10.6 Å². The molecule has 0 amide bonds. The van der Waals surface area contributed by atoms with Gasteiger partial charge in [-0.25, -0.2) is 0 Å². The molecule has 0 aliphatic heterocycles. The van der Waals surface area contributed by atoms with Crippen LogP contribution in [0.5, 0.6) is 0 Å². The van der Waals surface area contributed by atoms with Gasteiger partial charge in [-0.15, -0.1) is 24.0 Å². The second kappa shape index (κ2) is 12.9. The molecule has 0 saturated heterocycles. The first-order valence-electron chi connectivity index (χ1n) is 7.72. The first kappa shape index (κ1) is 20.2. The summed E-state index contributed by atoms with van der Waals surface area (Å²) in [6, 6.07) is 1.94. The van der Waals surface area contributed by atoms with Gasteiger partial charge in [0.15, 0.2) is 5.96 Å². The monoisotopic (exact) mass is 407 g/mol. The van der Waals surface area contributed by atoms with Crippen molar-refractivity contribution in [2.45, 2.75) is 46.1 Å². The van der Waals surface area contributed by atoms with Crippen LogP contribution in [0.25, 0.3) is 0 Å². The zero-order valence-electron chi connectivity index (χ0n) is 13.5. The summed E-state index contributed by atoms with van der Waals surface area (Å²) in [6.45, 7) is 7.18. The molecule has 0 aromatic carbocycles. The van der Waals surface area contributed by atoms with Crippen LogP contribution >= 0.6 is 24.0 Å². The first-order chi connectivity index (χ1) is 9.80. The molecular weight excluding hydrogens is 377 g/mol. The number of rotatable bonds is 9. The predicted molar refractivity (Wildman–Crippen MR) is 100 cm³/mol. The van der Waals surface area contributed by atoms with Gasteiger partial charge in [0.05, 0.1) is 6.54 Å². The number of nitrogens with one attached hydrogen (secondary N) is 2. The van der Waals surface area contributed by atoms with Crippen molar-refractivity contribution in [3.63, 3.8) is 0 Å². The van der Waals surface area contributed by atoms with Crippen molar-refractivity contribution in [1.29, 1.82) is 0 Å². The average Bonchev–Trinajstić information content (AvgIpc) is 2.98. The molecule has 1 unspecified atom stereocenters. The highest BCUT2D eigenvalue weighted by molar-refractivity contribution is 14.0. The SMILES string of the molecule is CCCCC(CC)CNC(=NC)NCCn1cccn1.I. The Labute approximate surface area is 146 Å². The highest BCUT2D eigenvalue weighted by Gasteiger charge is 2.06. The summed E-state index contributed by atoms with van der Waals surface area (Å²) in [5, 5.41) is 10.9. The highest BCUT2D eigenvalue weighted by atomic mass is 127. The highest BCUT2D eigenvalue weighted by Crippen LogP contribution is 2.10. The number of hydrogen-bond donors (Lipinski definition) is 2. The summed E-state index contributed by atoms with van der Waals surface area (Å²) in [6.07, 6.45) is 8.86. The van der Waals surface area contributed by atoms with E-state index in [0.29, 0.717) is 0 Å². The lowest BCUT2D eigenvalue weighted by Gasteiger charge is -2.18. The fraction of sp³-hybridized carbons (Fsp3) is 0.733. The van der Waals surface area contributed by atoms with E-state index in [2.05, 4.69) is 34.6 Å². The number of aliphatic imine (C=N–C) groups is 1. The minimum Gasteiger partial charge on any atom is -0.356 e. The Bertz CT molecular complexity index is 364. The first-order valence-corrected chi connectivity index (χ1v) is 7.72. The van der Waals surface area contributed by atoms with Gasteiger partial charge in [-0.2, -0.15) is 5.10 Å². The molecule has 2 N–H and O–H groups in total. The second-order valence-corrected chi connectivity index (χ2v) is 5.07. The molecule has 5 nitrogen and oxygen atoms in total. The Balaban J connectivity index is 0.00000400. The van der Waals surface area contributed by atoms with Gasteiger partial charge in [-0.3, -0.25) is 9.67 Å². The Hall–Kier alpha value is -0.790. The van der Waals surface area contributed by atoms with Crippen molar-refractivity contribution in [2.24, 2.45) is 10.9 Å². The lowest BCUT2D eigenvalue weighted by Crippen LogP contribution is -2.41. The molecular formula is C15H30IN5. The predicted octanol–water partition coefficient (Wildman–Crippen LogP) is 2.88. The molecule has 122 valence electrons. The van der Waals surface area contributed by atoms with Gasteiger partial charge in [-0.05, 0) is 18.4 Å². The van der Waals surface area contributed by atoms with E-state index >= 15 is 0 Å². The molecule has 0 bridgehead atoms. The van der Waals surface area contributed by atoms with Crippen LogP contribution in [0.3, 0.4) is 0 Å². The summed E-state index contributed by atoms with van der Waals surface area (Å²) in [5.41, 5.74) is 0. The molecule has 0 saturated carbocycles. The minimum absolute atomic E-state index is 0. The third-order valence-electron chi connectivity index (χ3n) is 3.52. The van der Waals surface area contributed by atoms with Gasteiger partial charge in [0.1, 0.15) is 0 Å². The van der Waals surface area contributed by atoms with Crippen LogP contribution in [0.15, 0.2) is 23.5 Å². The normalized spacial score (nSPS) is 12.6. The van der Waals surface area contributed by atoms with Gasteiger partial charge < -0.3 is 10.6 Å². The van der Waals surface area contributed by atoms with Crippen molar-refractivity contribution in [2.75, 3.05) is 20.1 Å². The van der Waals surface area contributed by atoms with E-state index in [1.807, 2.05) is 24.0 Å². The Morgan fingerprint density at radius 1 is 1.33 bits per heavy atom. The van der Waals surface area contributed by atoms with Gasteiger partial charge in [0, 0.05) is 32.5 Å². The molecule has 0 aliphatic carbocycles. The van der Waals surface area contributed by atoms with E-state index in [0.717, 1.165) is 31.5 Å². The number of halogens is 1. The van der Waals surface area contributed by atoms with Gasteiger partial charge >= 0.3 is 0 Å². The Kier molecular flexibility index (Phi) is 12.4. The van der Waals surface area contributed by atoms with E-state index in [4.69, 9.17) is 0 Å². The molecule has 1 rings (SSSR count). The van der Waals surface area contributed by atoms with Gasteiger partial charge in [-0.1, -0.05) is 33.1 Å². The van der Waals surface area contributed by atoms with Crippen molar-refractivity contribution < 1.29 is 0 Å². The Morgan fingerprint density at radius 3 is 2.71 bits per heavy atom. The molecule has 6 heteroatoms. The number of nitrogens with zero attached hydrogens (tertiary/aromatic N) is 3. The lowest BCUT2D eigenvalue weighted by atomic mass is 9.99. The maximum absolute atomic E-state index is 4.26. The van der Waals surface area contributed by atoms with Crippen molar-refractivity contribution in [3.8, 4) is 0 Å². The number of unbranched alkanes of at least 4 members (excludes halogenated alkanes) is 1. The van der Waals surface area contributed by atoms with Crippen LogP contribution in [0.2, 0.25) is 0 Å². The molecule has 0 spiro atoms. The van der Waals surface area contributed by atoms with Crippen LogP contribution in [-0.4, -0.2) is 35.9 Å². The van der Waals surface area contributed by atoms with Crippen LogP contribution in [0, 0.1) is 5.92 Å². The zero-order valence-corrected chi connectivity index (χ0v) is 15.8. The van der Waals surface area contributed by atoms with Crippen molar-refractivity contribution >= 4 is 29.9 Å². The lowest BCUT2D eigenvalue weighted by molar-refractivity contribution is 0.443. The van der Waals surface area contributed by atoms with E-state index in [-0.39, 0.29) is 24.0 Å². The zero-order chi connectivity index (χ0) is 14.6. The molecule has 1 atom stereocenters. The number of guanidine groups is 1. The molecule has 0 aliphatic rings. The molecule has 0 radical (unpaired) electrons. The summed E-state index contributed by atoms with van der Waals surface area (Å²) in [4.78, 5) is 4.26. The van der Waals surface area contributed by atoms with Gasteiger partial charge in [0.2, 0.25) is 0 Å².